The molecule has 0 saturated heterocycles. The van der Waals surface area contributed by atoms with Crippen LogP contribution in [0.4, 0.5) is 0 Å². The molecule has 16 heavy (non-hydrogen) atoms. The third-order valence-corrected chi connectivity index (χ3v) is 3.16. The van der Waals surface area contributed by atoms with Gasteiger partial charge in [0.25, 0.3) is 0 Å². The van der Waals surface area contributed by atoms with Gasteiger partial charge in [-0.25, -0.2) is 0 Å². The molecule has 0 aliphatic rings. The summed E-state index contributed by atoms with van der Waals surface area (Å²) in [6, 6.07) is 10.2. The Labute approximate surface area is 100 Å². The summed E-state index contributed by atoms with van der Waals surface area (Å²) in [5.74, 6) is 0.907. The minimum atomic E-state index is 0.773. The van der Waals surface area contributed by atoms with Crippen LogP contribution in [0.25, 0.3) is 10.4 Å². The van der Waals surface area contributed by atoms with Crippen LogP contribution in [-0.4, -0.2) is 11.0 Å². The summed E-state index contributed by atoms with van der Waals surface area (Å²) >= 11 is 1.49. The third-order valence-electron chi connectivity index (χ3n) is 2.33. The molecule has 0 atom stereocenters. The standard InChI is InChI=1S/C13H15NOS/c1-2-3-9-15-12-10-14-16-13(12)11-7-5-4-6-8-11/h4-8,10H,2-3,9H2,1H3. The summed E-state index contributed by atoms with van der Waals surface area (Å²) in [5, 5.41) is 0. The van der Waals surface area contributed by atoms with Gasteiger partial charge in [-0.2, -0.15) is 4.37 Å². The van der Waals surface area contributed by atoms with Crippen LogP contribution >= 0.6 is 11.5 Å². The first-order valence-corrected chi connectivity index (χ1v) is 6.32. The number of ether oxygens (including phenoxy) is 1. The number of nitrogens with zero attached hydrogens (tertiary/aromatic N) is 1. The van der Waals surface area contributed by atoms with Gasteiger partial charge in [0.15, 0.2) is 5.75 Å². The predicted molar refractivity (Wildman–Crippen MR) is 68.0 cm³/mol. The second kappa shape index (κ2) is 5.66. The Balaban J connectivity index is 2.13. The molecule has 0 aliphatic heterocycles. The fraction of sp³-hybridized carbons (Fsp3) is 0.308. The number of rotatable bonds is 5. The molecule has 1 aromatic heterocycles. The average Bonchev–Trinajstić information content (AvgIpc) is 2.79. The van der Waals surface area contributed by atoms with Crippen molar-refractivity contribution in [3.8, 4) is 16.2 Å². The summed E-state index contributed by atoms with van der Waals surface area (Å²) in [7, 11) is 0. The van der Waals surface area contributed by atoms with E-state index in [0.717, 1.165) is 30.1 Å². The van der Waals surface area contributed by atoms with Crippen LogP contribution in [0.2, 0.25) is 0 Å². The average molecular weight is 233 g/mol. The lowest BCUT2D eigenvalue weighted by Crippen LogP contribution is -1.96. The third kappa shape index (κ3) is 2.61. The molecule has 2 aromatic rings. The molecule has 0 bridgehead atoms. The van der Waals surface area contributed by atoms with E-state index < -0.39 is 0 Å². The first kappa shape index (κ1) is 11.1. The highest BCUT2D eigenvalue weighted by molar-refractivity contribution is 7.10. The van der Waals surface area contributed by atoms with E-state index in [9.17, 15) is 0 Å². The molecule has 0 aliphatic carbocycles. The number of aromatic nitrogens is 1. The SMILES string of the molecule is CCCCOc1cnsc1-c1ccccc1. The van der Waals surface area contributed by atoms with Crippen LogP contribution < -0.4 is 4.74 Å². The Kier molecular flexibility index (Phi) is 3.94. The van der Waals surface area contributed by atoms with Crippen molar-refractivity contribution >= 4 is 11.5 Å². The van der Waals surface area contributed by atoms with Crippen molar-refractivity contribution in [2.24, 2.45) is 0 Å². The molecule has 0 saturated carbocycles. The zero-order valence-corrected chi connectivity index (χ0v) is 10.2. The predicted octanol–water partition coefficient (Wildman–Crippen LogP) is 3.99. The summed E-state index contributed by atoms with van der Waals surface area (Å²) in [4.78, 5) is 1.12. The highest BCUT2D eigenvalue weighted by Crippen LogP contribution is 2.33. The summed E-state index contributed by atoms with van der Waals surface area (Å²) in [6.45, 7) is 2.93. The lowest BCUT2D eigenvalue weighted by atomic mass is 10.2. The zero-order chi connectivity index (χ0) is 11.2. The van der Waals surface area contributed by atoms with Gasteiger partial charge in [-0.05, 0) is 23.5 Å². The summed E-state index contributed by atoms with van der Waals surface area (Å²) in [6.07, 6.45) is 4.05. The van der Waals surface area contributed by atoms with Crippen LogP contribution in [-0.2, 0) is 0 Å². The Bertz CT molecular complexity index is 425. The van der Waals surface area contributed by atoms with Gasteiger partial charge < -0.3 is 4.74 Å². The van der Waals surface area contributed by atoms with Crippen molar-refractivity contribution in [1.29, 1.82) is 0 Å². The summed E-state index contributed by atoms with van der Waals surface area (Å²) in [5.41, 5.74) is 1.18. The smallest absolute Gasteiger partial charge is 0.157 e. The number of unbranched alkanes of at least 4 members (excludes halogenated alkanes) is 1. The lowest BCUT2D eigenvalue weighted by molar-refractivity contribution is 0.311. The van der Waals surface area contributed by atoms with Crippen LogP contribution in [0.1, 0.15) is 19.8 Å². The second-order valence-corrected chi connectivity index (χ2v) is 4.39. The van der Waals surface area contributed by atoms with Crippen molar-refractivity contribution in [3.63, 3.8) is 0 Å². The minimum Gasteiger partial charge on any atom is -0.490 e. The maximum atomic E-state index is 5.72. The second-order valence-electron chi connectivity index (χ2n) is 3.59. The molecule has 0 N–H and O–H groups in total. The monoisotopic (exact) mass is 233 g/mol. The van der Waals surface area contributed by atoms with Crippen LogP contribution in [0.15, 0.2) is 36.5 Å². The topological polar surface area (TPSA) is 22.1 Å². The molecular formula is C13H15NOS. The fourth-order valence-corrected chi connectivity index (χ4v) is 2.14. The molecule has 84 valence electrons. The van der Waals surface area contributed by atoms with Gasteiger partial charge in [-0.1, -0.05) is 43.7 Å². The van der Waals surface area contributed by atoms with Gasteiger partial charge in [-0.3, -0.25) is 0 Å². The first-order valence-electron chi connectivity index (χ1n) is 5.54. The van der Waals surface area contributed by atoms with Crippen molar-refractivity contribution in [3.05, 3.63) is 36.5 Å². The zero-order valence-electron chi connectivity index (χ0n) is 9.35. The molecule has 0 radical (unpaired) electrons. The lowest BCUT2D eigenvalue weighted by Gasteiger charge is -2.05. The molecule has 0 fully saturated rings. The largest absolute Gasteiger partial charge is 0.490 e. The molecule has 1 aromatic carbocycles. The van der Waals surface area contributed by atoms with E-state index in [1.54, 1.807) is 0 Å². The highest BCUT2D eigenvalue weighted by atomic mass is 32.1. The first-order chi connectivity index (χ1) is 7.92. The van der Waals surface area contributed by atoms with Gasteiger partial charge in [0.2, 0.25) is 0 Å². The molecule has 0 unspecified atom stereocenters. The number of hydrogen-bond acceptors (Lipinski definition) is 3. The van der Waals surface area contributed by atoms with Crippen molar-refractivity contribution in [1.82, 2.24) is 4.37 Å². The molecule has 2 rings (SSSR count). The highest BCUT2D eigenvalue weighted by Gasteiger charge is 2.08. The maximum Gasteiger partial charge on any atom is 0.157 e. The van der Waals surface area contributed by atoms with Crippen molar-refractivity contribution in [2.45, 2.75) is 19.8 Å². The molecule has 3 heteroatoms. The van der Waals surface area contributed by atoms with Gasteiger partial charge in [0, 0.05) is 0 Å². The molecule has 0 spiro atoms. The normalized spacial score (nSPS) is 10.3. The van der Waals surface area contributed by atoms with Gasteiger partial charge in [0.05, 0.1) is 17.7 Å². The maximum absolute atomic E-state index is 5.72. The van der Waals surface area contributed by atoms with E-state index in [2.05, 4.69) is 23.4 Å². The Morgan fingerprint density at radius 1 is 1.25 bits per heavy atom. The van der Waals surface area contributed by atoms with E-state index >= 15 is 0 Å². The Morgan fingerprint density at radius 2 is 2.06 bits per heavy atom. The molecule has 1 heterocycles. The van der Waals surface area contributed by atoms with Crippen LogP contribution in [0, 0.1) is 0 Å². The fourth-order valence-electron chi connectivity index (χ4n) is 1.44. The van der Waals surface area contributed by atoms with E-state index in [4.69, 9.17) is 4.74 Å². The van der Waals surface area contributed by atoms with E-state index in [1.165, 1.54) is 17.1 Å². The Morgan fingerprint density at radius 3 is 2.81 bits per heavy atom. The van der Waals surface area contributed by atoms with Gasteiger partial charge in [-0.15, -0.1) is 0 Å². The molecule has 0 amide bonds. The van der Waals surface area contributed by atoms with Crippen LogP contribution in [0.5, 0.6) is 5.75 Å². The quantitative estimate of drug-likeness (QED) is 0.728. The molecule has 2 nitrogen and oxygen atoms in total. The van der Waals surface area contributed by atoms with E-state index in [-0.39, 0.29) is 0 Å². The van der Waals surface area contributed by atoms with Gasteiger partial charge >= 0.3 is 0 Å². The van der Waals surface area contributed by atoms with Crippen molar-refractivity contribution in [2.75, 3.05) is 6.61 Å². The number of benzene rings is 1. The number of hydrogen-bond donors (Lipinski definition) is 0. The molecular weight excluding hydrogens is 218 g/mol. The minimum absolute atomic E-state index is 0.773. The van der Waals surface area contributed by atoms with Crippen molar-refractivity contribution < 1.29 is 4.74 Å². The van der Waals surface area contributed by atoms with E-state index in [0.29, 0.717) is 0 Å². The van der Waals surface area contributed by atoms with E-state index in [1.807, 2.05) is 24.4 Å². The summed E-state index contributed by atoms with van der Waals surface area (Å²) < 4.78 is 9.91. The Hall–Kier alpha value is -1.35. The van der Waals surface area contributed by atoms with Gasteiger partial charge in [0.1, 0.15) is 0 Å². The van der Waals surface area contributed by atoms with Crippen LogP contribution in [0.3, 0.4) is 0 Å².